The van der Waals surface area contributed by atoms with Crippen LogP contribution < -0.4 is 10.0 Å². The molecule has 2 aromatic carbocycles. The number of sulfonamides is 1. The summed E-state index contributed by atoms with van der Waals surface area (Å²) in [4.78, 5) is 0. The van der Waals surface area contributed by atoms with Gasteiger partial charge < -0.3 is 5.32 Å². The van der Waals surface area contributed by atoms with Gasteiger partial charge in [0.15, 0.2) is 0 Å². The van der Waals surface area contributed by atoms with Gasteiger partial charge in [-0.2, -0.15) is 0 Å². The molecule has 144 valence electrons. The van der Waals surface area contributed by atoms with Crippen LogP contribution in [0, 0.1) is 0 Å². The summed E-state index contributed by atoms with van der Waals surface area (Å²) in [7, 11) is -3.28. The Bertz CT molecular complexity index is 724. The maximum atomic E-state index is 12.2. The highest BCUT2D eigenvalue weighted by molar-refractivity contribution is 7.89. The first kappa shape index (κ1) is 22.6. The van der Waals surface area contributed by atoms with Crippen molar-refractivity contribution < 1.29 is 8.42 Å². The number of rotatable bonds is 10. The van der Waals surface area contributed by atoms with Gasteiger partial charge in [-0.25, -0.2) is 13.1 Å². The van der Waals surface area contributed by atoms with Crippen LogP contribution in [0.2, 0.25) is 0 Å². The molecule has 0 bridgehead atoms. The highest BCUT2D eigenvalue weighted by Crippen LogP contribution is 2.04. The van der Waals surface area contributed by atoms with E-state index >= 15 is 0 Å². The molecule has 6 heteroatoms. The lowest BCUT2D eigenvalue weighted by Gasteiger charge is -2.16. The number of benzene rings is 2. The number of hydrogen-bond donors (Lipinski definition) is 2. The summed E-state index contributed by atoms with van der Waals surface area (Å²) in [6.45, 7) is 4.42. The minimum atomic E-state index is -3.28. The Morgan fingerprint density at radius 2 is 1.27 bits per heavy atom. The van der Waals surface area contributed by atoms with Crippen molar-refractivity contribution in [2.75, 3.05) is 12.3 Å². The smallest absolute Gasteiger partial charge is 0.213 e. The first-order chi connectivity index (χ1) is 11.9. The van der Waals surface area contributed by atoms with Crippen LogP contribution in [0.1, 0.15) is 25.0 Å². The largest absolute Gasteiger partial charge is 0.313 e. The van der Waals surface area contributed by atoms with Crippen LogP contribution in [0.25, 0.3) is 0 Å². The second-order valence-corrected chi connectivity index (χ2v) is 8.45. The summed E-state index contributed by atoms with van der Waals surface area (Å²) in [6, 6.07) is 20.2. The molecule has 0 aromatic heterocycles. The van der Waals surface area contributed by atoms with Crippen LogP contribution in [0.5, 0.6) is 0 Å². The van der Waals surface area contributed by atoms with Crippen LogP contribution in [-0.4, -0.2) is 32.8 Å². The summed E-state index contributed by atoms with van der Waals surface area (Å²) < 4.78 is 27.2. The van der Waals surface area contributed by atoms with E-state index in [1.807, 2.05) is 55.5 Å². The molecule has 4 nitrogen and oxygen atoms in total. The van der Waals surface area contributed by atoms with Crippen LogP contribution in [-0.2, 0) is 22.9 Å². The summed E-state index contributed by atoms with van der Waals surface area (Å²) in [6.07, 6.45) is 1.58. The third-order valence-electron chi connectivity index (χ3n) is 4.01. The Hall–Kier alpha value is -1.40. The lowest BCUT2D eigenvalue weighted by Crippen LogP contribution is -2.40. The molecule has 0 saturated heterocycles. The zero-order chi connectivity index (χ0) is 18.1. The van der Waals surface area contributed by atoms with Crippen LogP contribution in [0.3, 0.4) is 0 Å². The molecular formula is C20H29ClN2O2S. The molecule has 2 N–H and O–H groups in total. The van der Waals surface area contributed by atoms with E-state index in [0.29, 0.717) is 13.0 Å². The summed E-state index contributed by atoms with van der Waals surface area (Å²) in [5, 5.41) is 3.29. The summed E-state index contributed by atoms with van der Waals surface area (Å²) in [5.74, 6) is 0.0886. The monoisotopic (exact) mass is 396 g/mol. The first-order valence-corrected chi connectivity index (χ1v) is 10.4. The van der Waals surface area contributed by atoms with E-state index in [0.717, 1.165) is 12.0 Å². The highest BCUT2D eigenvalue weighted by atomic mass is 35.5. The zero-order valence-corrected chi connectivity index (χ0v) is 17.0. The average molecular weight is 397 g/mol. The normalized spacial score (nSPS) is 13.6. The third kappa shape index (κ3) is 8.81. The van der Waals surface area contributed by atoms with Crippen LogP contribution in [0.4, 0.5) is 0 Å². The van der Waals surface area contributed by atoms with E-state index in [4.69, 9.17) is 0 Å². The average Bonchev–Trinajstić information content (AvgIpc) is 2.55. The second-order valence-electron chi connectivity index (χ2n) is 6.57. The van der Waals surface area contributed by atoms with Gasteiger partial charge in [0, 0.05) is 18.6 Å². The zero-order valence-electron chi connectivity index (χ0n) is 15.4. The van der Waals surface area contributed by atoms with Crippen molar-refractivity contribution in [1.29, 1.82) is 0 Å². The van der Waals surface area contributed by atoms with Gasteiger partial charge in [-0.05, 0) is 37.8 Å². The molecule has 0 aliphatic carbocycles. The van der Waals surface area contributed by atoms with Crippen LogP contribution >= 0.6 is 12.4 Å². The Labute approximate surface area is 163 Å². The Kier molecular flexibility index (Phi) is 9.88. The van der Waals surface area contributed by atoms with Crippen molar-refractivity contribution in [3.05, 3.63) is 71.8 Å². The van der Waals surface area contributed by atoms with E-state index in [2.05, 4.69) is 29.1 Å². The fourth-order valence-corrected chi connectivity index (χ4v) is 4.06. The SMILES string of the molecule is CC(Cc1ccccc1)NCCS(=O)(=O)NC(C)Cc1ccccc1.Cl. The van der Waals surface area contributed by atoms with Crippen molar-refractivity contribution in [3.8, 4) is 0 Å². The Balaban J connectivity index is 0.00000338. The molecule has 2 aromatic rings. The molecule has 2 rings (SSSR count). The molecule has 0 spiro atoms. The van der Waals surface area contributed by atoms with Gasteiger partial charge in [-0.3, -0.25) is 0 Å². The van der Waals surface area contributed by atoms with E-state index < -0.39 is 10.0 Å². The number of nitrogens with one attached hydrogen (secondary N) is 2. The van der Waals surface area contributed by atoms with E-state index in [1.165, 1.54) is 5.56 Å². The molecule has 2 unspecified atom stereocenters. The van der Waals surface area contributed by atoms with E-state index in [1.54, 1.807) is 0 Å². The van der Waals surface area contributed by atoms with Crippen molar-refractivity contribution in [1.82, 2.24) is 10.0 Å². The Morgan fingerprint density at radius 3 is 1.77 bits per heavy atom. The summed E-state index contributed by atoms with van der Waals surface area (Å²) in [5.41, 5.74) is 2.38. The molecule has 0 radical (unpaired) electrons. The summed E-state index contributed by atoms with van der Waals surface area (Å²) >= 11 is 0. The topological polar surface area (TPSA) is 58.2 Å². The minimum Gasteiger partial charge on any atom is -0.313 e. The fraction of sp³-hybridized carbons (Fsp3) is 0.400. The van der Waals surface area contributed by atoms with Gasteiger partial charge in [0.05, 0.1) is 5.75 Å². The number of halogens is 1. The molecule has 0 saturated carbocycles. The predicted octanol–water partition coefficient (Wildman–Crippen LogP) is 3.18. The van der Waals surface area contributed by atoms with Gasteiger partial charge in [0.1, 0.15) is 0 Å². The van der Waals surface area contributed by atoms with Crippen molar-refractivity contribution in [3.63, 3.8) is 0 Å². The van der Waals surface area contributed by atoms with Gasteiger partial charge in [0.2, 0.25) is 10.0 Å². The molecule has 0 aliphatic rings. The molecule has 26 heavy (non-hydrogen) atoms. The maximum Gasteiger partial charge on any atom is 0.213 e. The third-order valence-corrected chi connectivity index (χ3v) is 5.52. The lowest BCUT2D eigenvalue weighted by molar-refractivity contribution is 0.539. The quantitative estimate of drug-likeness (QED) is 0.648. The van der Waals surface area contributed by atoms with Crippen molar-refractivity contribution in [2.24, 2.45) is 0 Å². The standard InChI is InChI=1S/C20H28N2O2S.ClH/c1-17(15-19-9-5-3-6-10-19)21-13-14-25(23,24)22-18(2)16-20-11-7-4-8-12-20;/h3-12,17-18,21-22H,13-16H2,1-2H3;1H. The van der Waals surface area contributed by atoms with Gasteiger partial charge >= 0.3 is 0 Å². The minimum absolute atomic E-state index is 0. The molecule has 0 fully saturated rings. The molecular weight excluding hydrogens is 368 g/mol. The van der Waals surface area contributed by atoms with Gasteiger partial charge in [0.25, 0.3) is 0 Å². The molecule has 2 atom stereocenters. The molecule has 0 heterocycles. The molecule has 0 aliphatic heterocycles. The van der Waals surface area contributed by atoms with Crippen LogP contribution in [0.15, 0.2) is 60.7 Å². The lowest BCUT2D eigenvalue weighted by atomic mass is 10.1. The fourth-order valence-electron chi connectivity index (χ4n) is 2.85. The van der Waals surface area contributed by atoms with Crippen molar-refractivity contribution >= 4 is 22.4 Å². The maximum absolute atomic E-state index is 12.2. The first-order valence-electron chi connectivity index (χ1n) is 8.76. The Morgan fingerprint density at radius 1 is 0.808 bits per heavy atom. The predicted molar refractivity (Wildman–Crippen MR) is 111 cm³/mol. The highest BCUT2D eigenvalue weighted by Gasteiger charge is 2.15. The van der Waals surface area contributed by atoms with E-state index in [-0.39, 0.29) is 30.2 Å². The van der Waals surface area contributed by atoms with E-state index in [9.17, 15) is 8.42 Å². The second kappa shape index (κ2) is 11.3. The van der Waals surface area contributed by atoms with Crippen molar-refractivity contribution in [2.45, 2.75) is 38.8 Å². The van der Waals surface area contributed by atoms with Gasteiger partial charge in [-0.1, -0.05) is 60.7 Å². The van der Waals surface area contributed by atoms with Gasteiger partial charge in [-0.15, -0.1) is 12.4 Å². The number of hydrogen-bond acceptors (Lipinski definition) is 3. The molecule has 0 amide bonds.